The molecule has 24 heavy (non-hydrogen) atoms. The van der Waals surface area contributed by atoms with Crippen molar-refractivity contribution in [1.82, 2.24) is 5.32 Å². The van der Waals surface area contributed by atoms with E-state index in [0.29, 0.717) is 22.6 Å². The number of methoxy groups -OCH3 is 2. The molecule has 120 valence electrons. The van der Waals surface area contributed by atoms with Crippen LogP contribution >= 0.6 is 0 Å². The zero-order valence-electron chi connectivity index (χ0n) is 13.7. The van der Waals surface area contributed by atoms with E-state index in [1.807, 2.05) is 0 Å². The van der Waals surface area contributed by atoms with Crippen molar-refractivity contribution in [3.8, 4) is 11.5 Å². The number of rotatable bonds is 6. The fourth-order valence-electron chi connectivity index (χ4n) is 2.11. The molecule has 0 aliphatic carbocycles. The number of benzene rings is 2. The van der Waals surface area contributed by atoms with Gasteiger partial charge in [0, 0.05) is 5.56 Å². The van der Waals surface area contributed by atoms with Crippen molar-refractivity contribution in [3.63, 3.8) is 0 Å². The Morgan fingerprint density at radius 3 is 2.17 bits per heavy atom. The first kappa shape index (κ1) is 20.0. The number of amides is 1. The smallest absolute Gasteiger partial charge is 0.548 e. The molecule has 1 N–H and O–H groups in total. The first-order chi connectivity index (χ1) is 11.1. The Hall–Kier alpha value is -2.02. The van der Waals surface area contributed by atoms with Crippen LogP contribution in [0.25, 0.3) is 0 Å². The molecule has 2 aromatic rings. The number of carboxylic acids is 1. The summed E-state index contributed by atoms with van der Waals surface area (Å²) in [5, 5.41) is 13.9. The zero-order valence-corrected chi connectivity index (χ0v) is 15.7. The summed E-state index contributed by atoms with van der Waals surface area (Å²) < 4.78 is 10.3. The second-order valence-corrected chi connectivity index (χ2v) is 4.71. The second-order valence-electron chi connectivity index (χ2n) is 4.71. The van der Waals surface area contributed by atoms with Crippen LogP contribution in [0.15, 0.2) is 48.5 Å². The standard InChI is InChI=1S/C17H17NO5.Na/c1-22-13-9-8-12(10-14(13)23-2)15(17(20)21)18-16(19)11-6-4-3-5-7-11;/h3-10,15H,1-2H3,(H,18,19)(H,20,21);/q;+1/p-1. The molecular formula is C17H16NNaO5. The van der Waals surface area contributed by atoms with E-state index in [0.717, 1.165) is 0 Å². The van der Waals surface area contributed by atoms with Crippen molar-refractivity contribution in [2.45, 2.75) is 6.04 Å². The minimum absolute atomic E-state index is 0. The Morgan fingerprint density at radius 1 is 1.00 bits per heavy atom. The number of carboxylic acid groups (broad SMARTS) is 1. The Balaban J connectivity index is 0.00000288. The molecule has 6 nitrogen and oxygen atoms in total. The van der Waals surface area contributed by atoms with Gasteiger partial charge in [0.15, 0.2) is 11.5 Å². The summed E-state index contributed by atoms with van der Waals surface area (Å²) in [5.41, 5.74) is 0.686. The first-order valence-electron chi connectivity index (χ1n) is 6.85. The van der Waals surface area contributed by atoms with Crippen LogP contribution in [0.3, 0.4) is 0 Å². The summed E-state index contributed by atoms with van der Waals surface area (Å²) in [6.45, 7) is 0. The van der Waals surface area contributed by atoms with E-state index in [1.165, 1.54) is 26.4 Å². The molecule has 1 unspecified atom stereocenters. The molecule has 0 saturated carbocycles. The van der Waals surface area contributed by atoms with E-state index in [-0.39, 0.29) is 29.6 Å². The molecule has 0 saturated heterocycles. The molecule has 0 heterocycles. The maximum atomic E-state index is 12.2. The molecule has 1 amide bonds. The predicted molar refractivity (Wildman–Crippen MR) is 81.2 cm³/mol. The number of carbonyl (C=O) groups is 2. The molecular weight excluding hydrogens is 321 g/mol. The second kappa shape index (κ2) is 9.32. The van der Waals surface area contributed by atoms with Crippen LogP contribution in [0.2, 0.25) is 0 Å². The van der Waals surface area contributed by atoms with Crippen LogP contribution in [0.4, 0.5) is 0 Å². The summed E-state index contributed by atoms with van der Waals surface area (Å²) in [4.78, 5) is 23.6. The van der Waals surface area contributed by atoms with Crippen LogP contribution in [-0.2, 0) is 4.79 Å². The topological polar surface area (TPSA) is 87.7 Å². The fourth-order valence-corrected chi connectivity index (χ4v) is 2.11. The van der Waals surface area contributed by atoms with Crippen LogP contribution in [-0.4, -0.2) is 26.1 Å². The summed E-state index contributed by atoms with van der Waals surface area (Å²) >= 11 is 0. The van der Waals surface area contributed by atoms with E-state index in [4.69, 9.17) is 9.47 Å². The third-order valence-corrected chi connectivity index (χ3v) is 3.29. The molecule has 2 rings (SSSR count). The number of hydrogen-bond donors (Lipinski definition) is 1. The van der Waals surface area contributed by atoms with Gasteiger partial charge in [-0.15, -0.1) is 0 Å². The van der Waals surface area contributed by atoms with Gasteiger partial charge in [0.2, 0.25) is 0 Å². The summed E-state index contributed by atoms with van der Waals surface area (Å²) in [7, 11) is 2.92. The SMILES string of the molecule is COc1ccc(C(NC(=O)c2ccccc2)C(=O)[O-])cc1OC.[Na+]. The molecule has 0 aromatic heterocycles. The first-order valence-corrected chi connectivity index (χ1v) is 6.85. The van der Waals surface area contributed by atoms with E-state index >= 15 is 0 Å². The largest absolute Gasteiger partial charge is 1.00 e. The van der Waals surface area contributed by atoms with E-state index in [9.17, 15) is 14.7 Å². The Morgan fingerprint density at radius 2 is 1.62 bits per heavy atom. The quantitative estimate of drug-likeness (QED) is 0.612. The summed E-state index contributed by atoms with van der Waals surface area (Å²) in [6, 6.07) is 11.6. The number of nitrogens with one attached hydrogen (secondary N) is 1. The van der Waals surface area contributed by atoms with Gasteiger partial charge in [0.05, 0.1) is 26.2 Å². The van der Waals surface area contributed by atoms with E-state index in [1.54, 1.807) is 36.4 Å². The zero-order chi connectivity index (χ0) is 16.8. The van der Waals surface area contributed by atoms with Gasteiger partial charge in [-0.25, -0.2) is 0 Å². The number of carbonyl (C=O) groups excluding carboxylic acids is 2. The van der Waals surface area contributed by atoms with Crippen LogP contribution in [0.1, 0.15) is 22.0 Å². The van der Waals surface area contributed by atoms with Gasteiger partial charge in [-0.2, -0.15) is 0 Å². The van der Waals surface area contributed by atoms with Crippen molar-refractivity contribution in [1.29, 1.82) is 0 Å². The molecule has 2 aromatic carbocycles. The molecule has 7 heteroatoms. The van der Waals surface area contributed by atoms with Crippen molar-refractivity contribution < 1.29 is 53.7 Å². The predicted octanol–water partition coefficient (Wildman–Crippen LogP) is -2.07. The van der Waals surface area contributed by atoms with Gasteiger partial charge >= 0.3 is 29.6 Å². The number of aliphatic carboxylic acids is 1. The third kappa shape index (κ3) is 4.74. The van der Waals surface area contributed by atoms with Crippen molar-refractivity contribution in [3.05, 3.63) is 59.7 Å². The van der Waals surface area contributed by atoms with Gasteiger partial charge in [-0.1, -0.05) is 24.3 Å². The average Bonchev–Trinajstić information content (AvgIpc) is 2.59. The molecule has 0 radical (unpaired) electrons. The molecule has 0 bridgehead atoms. The maximum absolute atomic E-state index is 12.2. The summed E-state index contributed by atoms with van der Waals surface area (Å²) in [6.07, 6.45) is 0. The average molecular weight is 337 g/mol. The van der Waals surface area contributed by atoms with Crippen LogP contribution in [0, 0.1) is 0 Å². The molecule has 0 fully saturated rings. The Bertz CT molecular complexity index is 705. The van der Waals surface area contributed by atoms with E-state index < -0.39 is 17.9 Å². The van der Waals surface area contributed by atoms with Gasteiger partial charge in [-0.3, -0.25) is 4.79 Å². The monoisotopic (exact) mass is 337 g/mol. The molecule has 0 aliphatic rings. The summed E-state index contributed by atoms with van der Waals surface area (Å²) in [5.74, 6) is -1.09. The maximum Gasteiger partial charge on any atom is 1.00 e. The minimum Gasteiger partial charge on any atom is -0.548 e. The minimum atomic E-state index is -1.42. The van der Waals surface area contributed by atoms with Gasteiger partial charge in [0.25, 0.3) is 5.91 Å². The molecule has 0 aliphatic heterocycles. The molecule has 1 atom stereocenters. The molecule has 0 spiro atoms. The van der Waals surface area contributed by atoms with Crippen molar-refractivity contribution >= 4 is 11.9 Å². The Kier molecular flexibility index (Phi) is 7.78. The fraction of sp³-hybridized carbons (Fsp3) is 0.176. The normalized spacial score (nSPS) is 10.9. The van der Waals surface area contributed by atoms with Gasteiger partial charge in [-0.05, 0) is 29.8 Å². The van der Waals surface area contributed by atoms with Crippen molar-refractivity contribution in [2.75, 3.05) is 14.2 Å². The van der Waals surface area contributed by atoms with Crippen molar-refractivity contribution in [2.24, 2.45) is 0 Å². The Labute approximate surface area is 162 Å². The van der Waals surface area contributed by atoms with E-state index in [2.05, 4.69) is 5.32 Å². The van der Waals surface area contributed by atoms with Crippen LogP contribution < -0.4 is 49.5 Å². The number of hydrogen-bond acceptors (Lipinski definition) is 5. The van der Waals surface area contributed by atoms with Gasteiger partial charge in [0.1, 0.15) is 0 Å². The van der Waals surface area contributed by atoms with Crippen LogP contribution in [0.5, 0.6) is 11.5 Å². The third-order valence-electron chi connectivity index (χ3n) is 3.29. The van der Waals surface area contributed by atoms with Gasteiger partial charge < -0.3 is 24.7 Å². The number of ether oxygens (including phenoxy) is 2.